The SMILES string of the molecule is CC(C)(C)OC(=O)NCC1CCCN1C(=O)CN. The van der Waals surface area contributed by atoms with Gasteiger partial charge in [0.1, 0.15) is 5.60 Å². The molecule has 1 saturated heterocycles. The summed E-state index contributed by atoms with van der Waals surface area (Å²) in [5.41, 5.74) is 4.84. The largest absolute Gasteiger partial charge is 0.444 e. The van der Waals surface area contributed by atoms with Gasteiger partial charge in [0, 0.05) is 19.1 Å². The third kappa shape index (κ3) is 4.52. The smallest absolute Gasteiger partial charge is 0.407 e. The molecule has 0 aromatic carbocycles. The first-order valence-electron chi connectivity index (χ1n) is 6.30. The highest BCUT2D eigenvalue weighted by Gasteiger charge is 2.28. The lowest BCUT2D eigenvalue weighted by molar-refractivity contribution is -0.130. The van der Waals surface area contributed by atoms with Gasteiger partial charge in [-0.15, -0.1) is 0 Å². The molecule has 6 heteroatoms. The Morgan fingerprint density at radius 2 is 2.11 bits per heavy atom. The first kappa shape index (κ1) is 14.8. The number of nitrogens with two attached hydrogens (primary N) is 1. The molecule has 0 bridgehead atoms. The van der Waals surface area contributed by atoms with Crippen LogP contribution in [0, 0.1) is 0 Å². The van der Waals surface area contributed by atoms with Crippen molar-refractivity contribution in [2.24, 2.45) is 5.73 Å². The number of nitrogens with one attached hydrogen (secondary N) is 1. The second-order valence-electron chi connectivity index (χ2n) is 5.47. The Morgan fingerprint density at radius 1 is 1.44 bits per heavy atom. The summed E-state index contributed by atoms with van der Waals surface area (Å²) in [5, 5.41) is 2.69. The van der Waals surface area contributed by atoms with Gasteiger partial charge in [0.05, 0.1) is 6.54 Å². The van der Waals surface area contributed by atoms with Crippen LogP contribution >= 0.6 is 0 Å². The minimum atomic E-state index is -0.507. The minimum absolute atomic E-state index is 0.0168. The summed E-state index contributed by atoms with van der Waals surface area (Å²) in [6.07, 6.45) is 1.39. The predicted molar refractivity (Wildman–Crippen MR) is 68.0 cm³/mol. The van der Waals surface area contributed by atoms with E-state index in [1.54, 1.807) is 4.90 Å². The van der Waals surface area contributed by atoms with Crippen molar-refractivity contribution in [3.8, 4) is 0 Å². The topological polar surface area (TPSA) is 84.7 Å². The van der Waals surface area contributed by atoms with Crippen LogP contribution in [0.15, 0.2) is 0 Å². The van der Waals surface area contributed by atoms with Gasteiger partial charge >= 0.3 is 6.09 Å². The van der Waals surface area contributed by atoms with Crippen molar-refractivity contribution >= 4 is 12.0 Å². The highest BCUT2D eigenvalue weighted by atomic mass is 16.6. The van der Waals surface area contributed by atoms with Crippen LogP contribution in [0.3, 0.4) is 0 Å². The van der Waals surface area contributed by atoms with Crippen molar-refractivity contribution in [3.63, 3.8) is 0 Å². The van der Waals surface area contributed by atoms with Gasteiger partial charge in [0.15, 0.2) is 0 Å². The lowest BCUT2D eigenvalue weighted by atomic mass is 10.2. The molecule has 1 aliphatic rings. The number of alkyl carbamates (subject to hydrolysis) is 1. The van der Waals surface area contributed by atoms with Gasteiger partial charge in [-0.25, -0.2) is 4.79 Å². The molecule has 1 atom stereocenters. The number of rotatable bonds is 3. The molecule has 0 aromatic heterocycles. The van der Waals surface area contributed by atoms with Crippen molar-refractivity contribution in [1.29, 1.82) is 0 Å². The van der Waals surface area contributed by atoms with E-state index in [9.17, 15) is 9.59 Å². The van der Waals surface area contributed by atoms with E-state index < -0.39 is 11.7 Å². The number of carbonyl (C=O) groups excluding carboxylic acids is 2. The average molecular weight is 257 g/mol. The Kier molecular flexibility index (Phi) is 4.95. The fraction of sp³-hybridized carbons (Fsp3) is 0.833. The first-order valence-corrected chi connectivity index (χ1v) is 6.30. The van der Waals surface area contributed by atoms with Crippen LogP contribution in [0.25, 0.3) is 0 Å². The molecule has 18 heavy (non-hydrogen) atoms. The van der Waals surface area contributed by atoms with Crippen molar-refractivity contribution in [2.45, 2.75) is 45.3 Å². The van der Waals surface area contributed by atoms with Crippen LogP contribution in [0.1, 0.15) is 33.6 Å². The van der Waals surface area contributed by atoms with Crippen LogP contribution in [0.4, 0.5) is 4.79 Å². The Labute approximate surface area is 108 Å². The number of amides is 2. The maximum absolute atomic E-state index is 11.6. The Bertz CT molecular complexity index is 312. The summed E-state index contributed by atoms with van der Waals surface area (Å²) in [5.74, 6) is -0.0662. The molecular formula is C12H23N3O3. The first-order chi connectivity index (χ1) is 8.33. The van der Waals surface area contributed by atoms with Gasteiger partial charge < -0.3 is 20.7 Å². The van der Waals surface area contributed by atoms with Crippen LogP contribution in [0.5, 0.6) is 0 Å². The summed E-state index contributed by atoms with van der Waals surface area (Å²) in [6.45, 7) is 6.59. The normalized spacial score (nSPS) is 19.8. The predicted octanol–water partition coefficient (Wildman–Crippen LogP) is 0.461. The molecule has 1 unspecified atom stereocenters. The Hall–Kier alpha value is -1.30. The van der Waals surface area contributed by atoms with Crippen LogP contribution in [0.2, 0.25) is 0 Å². The van der Waals surface area contributed by atoms with Crippen molar-refractivity contribution < 1.29 is 14.3 Å². The molecule has 1 fully saturated rings. The number of hydrogen-bond acceptors (Lipinski definition) is 4. The second kappa shape index (κ2) is 6.04. The summed E-state index contributed by atoms with van der Waals surface area (Å²) >= 11 is 0. The minimum Gasteiger partial charge on any atom is -0.444 e. The van der Waals surface area contributed by atoms with Gasteiger partial charge in [-0.3, -0.25) is 4.79 Å². The zero-order valence-corrected chi connectivity index (χ0v) is 11.4. The maximum Gasteiger partial charge on any atom is 0.407 e. The maximum atomic E-state index is 11.6. The molecule has 0 aliphatic carbocycles. The molecule has 0 radical (unpaired) electrons. The van der Waals surface area contributed by atoms with Crippen LogP contribution in [-0.4, -0.2) is 48.2 Å². The Balaban J connectivity index is 2.38. The number of likely N-dealkylation sites (tertiary alicyclic amines) is 1. The standard InChI is InChI=1S/C12H23N3O3/c1-12(2,3)18-11(17)14-8-9-5-4-6-15(9)10(16)7-13/h9H,4-8,13H2,1-3H3,(H,14,17). The molecule has 0 saturated carbocycles. The number of hydrogen-bond donors (Lipinski definition) is 2. The summed E-state index contributed by atoms with van der Waals surface area (Å²) in [6, 6.07) is 0.0357. The van der Waals surface area contributed by atoms with Gasteiger partial charge in [-0.05, 0) is 33.6 Å². The van der Waals surface area contributed by atoms with Crippen LogP contribution < -0.4 is 11.1 Å². The average Bonchev–Trinajstić information content (AvgIpc) is 2.71. The molecule has 6 nitrogen and oxygen atoms in total. The van der Waals surface area contributed by atoms with Gasteiger partial charge in [-0.2, -0.15) is 0 Å². The van der Waals surface area contributed by atoms with E-state index in [0.717, 1.165) is 19.4 Å². The lowest BCUT2D eigenvalue weighted by Crippen LogP contribution is -2.46. The molecule has 2 amide bonds. The van der Waals surface area contributed by atoms with Crippen molar-refractivity contribution in [2.75, 3.05) is 19.6 Å². The fourth-order valence-electron chi connectivity index (χ4n) is 2.01. The molecule has 0 aromatic rings. The van der Waals surface area contributed by atoms with Gasteiger partial charge in [-0.1, -0.05) is 0 Å². The van der Waals surface area contributed by atoms with Crippen molar-refractivity contribution in [3.05, 3.63) is 0 Å². The zero-order chi connectivity index (χ0) is 13.8. The van der Waals surface area contributed by atoms with E-state index in [2.05, 4.69) is 5.32 Å². The van der Waals surface area contributed by atoms with E-state index in [4.69, 9.17) is 10.5 Å². The number of ether oxygens (including phenoxy) is 1. The molecule has 3 N–H and O–H groups in total. The van der Waals surface area contributed by atoms with E-state index in [0.29, 0.717) is 6.54 Å². The van der Waals surface area contributed by atoms with E-state index >= 15 is 0 Å². The van der Waals surface area contributed by atoms with E-state index in [1.807, 2.05) is 20.8 Å². The van der Waals surface area contributed by atoms with E-state index in [-0.39, 0.29) is 18.5 Å². The number of carbonyl (C=O) groups is 2. The molecule has 1 aliphatic heterocycles. The molecular weight excluding hydrogens is 234 g/mol. The highest BCUT2D eigenvalue weighted by Crippen LogP contribution is 2.16. The molecule has 0 spiro atoms. The lowest BCUT2D eigenvalue weighted by Gasteiger charge is -2.25. The third-order valence-electron chi connectivity index (χ3n) is 2.75. The Morgan fingerprint density at radius 3 is 2.67 bits per heavy atom. The quantitative estimate of drug-likeness (QED) is 0.769. The zero-order valence-electron chi connectivity index (χ0n) is 11.4. The molecule has 1 rings (SSSR count). The van der Waals surface area contributed by atoms with Gasteiger partial charge in [0.25, 0.3) is 0 Å². The summed E-state index contributed by atoms with van der Waals surface area (Å²) in [7, 11) is 0. The highest BCUT2D eigenvalue weighted by molar-refractivity contribution is 5.78. The molecule has 104 valence electrons. The summed E-state index contributed by atoms with van der Waals surface area (Å²) in [4.78, 5) is 24.8. The third-order valence-corrected chi connectivity index (χ3v) is 2.75. The van der Waals surface area contributed by atoms with Crippen LogP contribution in [-0.2, 0) is 9.53 Å². The fourth-order valence-corrected chi connectivity index (χ4v) is 2.01. The van der Waals surface area contributed by atoms with E-state index in [1.165, 1.54) is 0 Å². The van der Waals surface area contributed by atoms with Crippen molar-refractivity contribution in [1.82, 2.24) is 10.2 Å². The van der Waals surface area contributed by atoms with Gasteiger partial charge in [0.2, 0.25) is 5.91 Å². The second-order valence-corrected chi connectivity index (χ2v) is 5.47. The number of nitrogens with zero attached hydrogens (tertiary/aromatic N) is 1. The molecule has 1 heterocycles. The summed E-state index contributed by atoms with van der Waals surface area (Å²) < 4.78 is 5.14. The monoisotopic (exact) mass is 257 g/mol.